The van der Waals surface area contributed by atoms with E-state index in [-0.39, 0.29) is 0 Å². The lowest BCUT2D eigenvalue weighted by molar-refractivity contribution is -0.691. The highest BCUT2D eigenvalue weighted by molar-refractivity contribution is 4.79. The smallest absolute Gasteiger partial charge is 0.248 e. The molecule has 0 aliphatic heterocycles. The lowest BCUT2D eigenvalue weighted by Crippen LogP contribution is -2.35. The Morgan fingerprint density at radius 3 is 2.86 bits per heavy atom. The third kappa shape index (κ3) is 2.91. The molecule has 4 heteroatoms. The summed E-state index contributed by atoms with van der Waals surface area (Å²) in [5.74, 6) is 1.06. The topological polar surface area (TPSA) is 67.2 Å². The molecule has 1 aromatic heterocycles. The largest absolute Gasteiger partial charge is 0.255 e. The van der Waals surface area contributed by atoms with Gasteiger partial charge in [0.05, 0.1) is 6.07 Å². The number of rotatable bonds is 5. The van der Waals surface area contributed by atoms with Gasteiger partial charge in [-0.15, -0.1) is 0 Å². The van der Waals surface area contributed by atoms with Gasteiger partial charge in [0.1, 0.15) is 18.5 Å². The molecule has 0 radical (unpaired) electrons. The van der Waals surface area contributed by atoms with E-state index in [9.17, 15) is 0 Å². The van der Waals surface area contributed by atoms with Crippen LogP contribution >= 0.6 is 0 Å². The van der Waals surface area contributed by atoms with Gasteiger partial charge in [-0.3, -0.25) is 0 Å². The lowest BCUT2D eigenvalue weighted by atomic mass is 10.2. The number of nitriles is 2. The second-order valence-corrected chi connectivity index (χ2v) is 3.06. The molecule has 0 fully saturated rings. The van der Waals surface area contributed by atoms with Gasteiger partial charge in [0, 0.05) is 12.8 Å². The van der Waals surface area contributed by atoms with Crippen LogP contribution in [0.4, 0.5) is 0 Å². The van der Waals surface area contributed by atoms with Gasteiger partial charge in [0.2, 0.25) is 0 Å². The molecule has 0 aliphatic carbocycles. The minimum Gasteiger partial charge on any atom is -0.248 e. The van der Waals surface area contributed by atoms with E-state index in [0.29, 0.717) is 13.0 Å². The lowest BCUT2D eigenvalue weighted by Gasteiger charge is -1.94. The van der Waals surface area contributed by atoms with Crippen molar-refractivity contribution in [2.24, 2.45) is 0 Å². The van der Waals surface area contributed by atoms with E-state index >= 15 is 0 Å². The second-order valence-electron chi connectivity index (χ2n) is 3.06. The molecule has 0 atom stereocenters. The van der Waals surface area contributed by atoms with Gasteiger partial charge in [-0.1, -0.05) is 0 Å². The van der Waals surface area contributed by atoms with E-state index in [4.69, 9.17) is 10.5 Å². The maximum absolute atomic E-state index is 8.54. The number of hydrogen-bond acceptors (Lipinski definition) is 2. The molecule has 0 saturated heterocycles. The van der Waals surface area contributed by atoms with Gasteiger partial charge in [0.15, 0.2) is 6.54 Å². The van der Waals surface area contributed by atoms with Crippen LogP contribution in [0.3, 0.4) is 0 Å². The normalized spacial score (nSPS) is 9.29. The first-order valence-corrected chi connectivity index (χ1v) is 4.68. The Labute approximate surface area is 83.4 Å². The minimum atomic E-state index is 0.386. The molecule has 1 rings (SSSR count). The molecule has 0 aliphatic rings. The van der Waals surface area contributed by atoms with Crippen molar-refractivity contribution in [1.29, 1.82) is 10.5 Å². The van der Waals surface area contributed by atoms with Crippen molar-refractivity contribution < 1.29 is 4.57 Å². The quantitative estimate of drug-likeness (QED) is 0.556. The van der Waals surface area contributed by atoms with Gasteiger partial charge >= 0.3 is 0 Å². The van der Waals surface area contributed by atoms with Gasteiger partial charge < -0.3 is 0 Å². The van der Waals surface area contributed by atoms with E-state index in [0.717, 1.165) is 25.1 Å². The van der Waals surface area contributed by atoms with Gasteiger partial charge in [0.25, 0.3) is 5.82 Å². The molecule has 4 nitrogen and oxygen atoms in total. The Bertz CT molecular complexity index is 353. The average molecular weight is 189 g/mol. The molecule has 0 amide bonds. The molecule has 1 aromatic rings. The van der Waals surface area contributed by atoms with Gasteiger partial charge in [-0.2, -0.15) is 10.5 Å². The van der Waals surface area contributed by atoms with Crippen molar-refractivity contribution in [3.8, 4) is 12.1 Å². The van der Waals surface area contributed by atoms with Crippen molar-refractivity contribution in [2.45, 2.75) is 32.2 Å². The van der Waals surface area contributed by atoms with Crippen LogP contribution in [0, 0.1) is 22.7 Å². The zero-order valence-corrected chi connectivity index (χ0v) is 8.03. The molecule has 0 unspecified atom stereocenters. The third-order valence-corrected chi connectivity index (χ3v) is 2.04. The van der Waals surface area contributed by atoms with Gasteiger partial charge in [-0.05, 0) is 12.8 Å². The molecule has 14 heavy (non-hydrogen) atoms. The van der Waals surface area contributed by atoms with E-state index in [2.05, 4.69) is 17.1 Å². The molecular weight excluding hydrogens is 176 g/mol. The molecular formula is C10H13N4+. The summed E-state index contributed by atoms with van der Waals surface area (Å²) in [5.41, 5.74) is 0. The molecule has 72 valence electrons. The number of aromatic nitrogens is 2. The minimum absolute atomic E-state index is 0.386. The van der Waals surface area contributed by atoms with Gasteiger partial charge in [-0.25, -0.2) is 9.55 Å². The molecule has 1 heterocycles. The summed E-state index contributed by atoms with van der Waals surface area (Å²) in [4.78, 5) is 3.10. The highest BCUT2D eigenvalue weighted by Gasteiger charge is 2.08. The summed E-state index contributed by atoms with van der Waals surface area (Å²) in [6.45, 7) is 0.386. The van der Waals surface area contributed by atoms with E-state index < -0.39 is 0 Å². The van der Waals surface area contributed by atoms with Crippen molar-refractivity contribution in [3.63, 3.8) is 0 Å². The predicted octanol–water partition coefficient (Wildman–Crippen LogP) is 1.06. The van der Waals surface area contributed by atoms with Crippen molar-refractivity contribution >= 4 is 0 Å². The fraction of sp³-hybridized carbons (Fsp3) is 0.500. The summed E-state index contributed by atoms with van der Waals surface area (Å²) in [6, 6.07) is 4.22. The van der Waals surface area contributed by atoms with Crippen LogP contribution in [0.1, 0.15) is 25.1 Å². The zero-order valence-electron chi connectivity index (χ0n) is 8.03. The molecule has 0 spiro atoms. The number of imidazole rings is 1. The van der Waals surface area contributed by atoms with E-state index in [1.54, 1.807) is 0 Å². The molecule has 0 aromatic carbocycles. The summed E-state index contributed by atoms with van der Waals surface area (Å²) in [5, 5.41) is 16.9. The van der Waals surface area contributed by atoms with Crippen molar-refractivity contribution in [2.75, 3.05) is 0 Å². The van der Waals surface area contributed by atoms with Crippen LogP contribution in [-0.4, -0.2) is 4.98 Å². The highest BCUT2D eigenvalue weighted by Crippen LogP contribution is 1.99. The predicted molar refractivity (Wildman–Crippen MR) is 49.8 cm³/mol. The van der Waals surface area contributed by atoms with Crippen LogP contribution in [0.5, 0.6) is 0 Å². The third-order valence-electron chi connectivity index (χ3n) is 2.04. The summed E-state index contributed by atoms with van der Waals surface area (Å²) < 4.78 is 1.90. The maximum atomic E-state index is 8.54. The second kappa shape index (κ2) is 5.77. The standard InChI is InChI=1S/C10H12N4/c11-5-3-1-2-4-10-13-7-9-14(10)8-6-12/h7,9H,1-4,8H2/p+1. The number of unbranched alkanes of at least 4 members (excludes halogenated alkanes) is 2. The van der Waals surface area contributed by atoms with Crippen LogP contribution in [-0.2, 0) is 13.0 Å². The van der Waals surface area contributed by atoms with Crippen molar-refractivity contribution in [1.82, 2.24) is 4.98 Å². The molecule has 1 N–H and O–H groups in total. The van der Waals surface area contributed by atoms with E-state index in [1.807, 2.05) is 17.0 Å². The van der Waals surface area contributed by atoms with Crippen molar-refractivity contribution in [3.05, 3.63) is 18.2 Å². The Morgan fingerprint density at radius 2 is 2.14 bits per heavy atom. The first-order valence-electron chi connectivity index (χ1n) is 4.68. The molecule has 0 bridgehead atoms. The number of hydrogen-bond donors (Lipinski definition) is 1. The maximum Gasteiger partial charge on any atom is 0.255 e. The number of H-pyrrole nitrogens is 1. The van der Waals surface area contributed by atoms with E-state index in [1.165, 1.54) is 0 Å². The molecule has 0 saturated carbocycles. The summed E-state index contributed by atoms with van der Waals surface area (Å²) in [7, 11) is 0. The van der Waals surface area contributed by atoms with Crippen LogP contribution in [0.2, 0.25) is 0 Å². The first-order chi connectivity index (χ1) is 6.88. The summed E-state index contributed by atoms with van der Waals surface area (Å²) >= 11 is 0. The average Bonchev–Trinajstić information content (AvgIpc) is 2.61. The SMILES string of the molecule is N#CCCCCc1[nH]cc[n+]1CC#N. The Kier molecular flexibility index (Phi) is 4.23. The van der Waals surface area contributed by atoms with Crippen LogP contribution in [0.15, 0.2) is 12.4 Å². The summed E-state index contributed by atoms with van der Waals surface area (Å²) in [6.07, 6.45) is 7.11. The highest BCUT2D eigenvalue weighted by atomic mass is 15.1. The first kappa shape index (κ1) is 10.3. The fourth-order valence-electron chi connectivity index (χ4n) is 1.33. The zero-order chi connectivity index (χ0) is 10.2. The van der Waals surface area contributed by atoms with Crippen LogP contribution in [0.25, 0.3) is 0 Å². The van der Waals surface area contributed by atoms with Crippen LogP contribution < -0.4 is 4.57 Å². The number of aryl methyl sites for hydroxylation is 1. The Balaban J connectivity index is 2.39. The fourth-order valence-corrected chi connectivity index (χ4v) is 1.33. The number of aromatic amines is 1. The Hall–Kier alpha value is -1.81. The number of nitrogens with zero attached hydrogens (tertiary/aromatic N) is 3. The monoisotopic (exact) mass is 189 g/mol. The Morgan fingerprint density at radius 1 is 1.29 bits per heavy atom. The number of nitrogens with one attached hydrogen (secondary N) is 1.